The second-order valence-electron chi connectivity index (χ2n) is 4.40. The van der Waals surface area contributed by atoms with E-state index in [1.807, 2.05) is 0 Å². The van der Waals surface area contributed by atoms with Gasteiger partial charge in [-0.25, -0.2) is 0 Å². The summed E-state index contributed by atoms with van der Waals surface area (Å²) in [6, 6.07) is 8.96. The van der Waals surface area contributed by atoms with Crippen LogP contribution < -0.4 is 5.32 Å². The van der Waals surface area contributed by atoms with Gasteiger partial charge >= 0.3 is 0 Å². The fourth-order valence-corrected chi connectivity index (χ4v) is 2.32. The monoisotopic (exact) mass is 214 g/mol. The molecule has 2 rings (SSSR count). The van der Waals surface area contributed by atoms with Gasteiger partial charge in [0.05, 0.1) is 12.6 Å². The summed E-state index contributed by atoms with van der Waals surface area (Å²) in [5, 5.41) is 11.5. The molecule has 0 aliphatic heterocycles. The SMILES string of the molecule is N#CCNCCc1ccc2c(c1)CCCC2. The zero-order valence-electron chi connectivity index (χ0n) is 9.63. The second kappa shape index (κ2) is 5.67. The molecule has 0 amide bonds. The maximum absolute atomic E-state index is 8.41. The zero-order chi connectivity index (χ0) is 11.2. The van der Waals surface area contributed by atoms with E-state index in [0.717, 1.165) is 13.0 Å². The number of nitriles is 1. The molecule has 0 saturated carbocycles. The van der Waals surface area contributed by atoms with Crippen molar-refractivity contribution in [2.45, 2.75) is 32.1 Å². The minimum Gasteiger partial charge on any atom is -0.304 e. The van der Waals surface area contributed by atoms with Gasteiger partial charge in [0.15, 0.2) is 0 Å². The van der Waals surface area contributed by atoms with E-state index in [4.69, 9.17) is 5.26 Å². The van der Waals surface area contributed by atoms with Gasteiger partial charge in [-0.3, -0.25) is 0 Å². The third-order valence-corrected chi connectivity index (χ3v) is 3.21. The summed E-state index contributed by atoms with van der Waals surface area (Å²) < 4.78 is 0. The number of aryl methyl sites for hydroxylation is 2. The minimum atomic E-state index is 0.449. The first-order valence-electron chi connectivity index (χ1n) is 6.08. The van der Waals surface area contributed by atoms with Gasteiger partial charge in [0.25, 0.3) is 0 Å². The molecule has 1 aromatic rings. The Morgan fingerprint density at radius 2 is 2.00 bits per heavy atom. The molecular formula is C14H18N2. The molecule has 0 saturated heterocycles. The predicted octanol–water partition coefficient (Wildman–Crippen LogP) is 2.22. The van der Waals surface area contributed by atoms with Crippen molar-refractivity contribution < 1.29 is 0 Å². The van der Waals surface area contributed by atoms with Crippen molar-refractivity contribution in [1.82, 2.24) is 5.32 Å². The summed E-state index contributed by atoms with van der Waals surface area (Å²) in [6.07, 6.45) is 6.20. The van der Waals surface area contributed by atoms with Crippen LogP contribution in [0.2, 0.25) is 0 Å². The summed E-state index contributed by atoms with van der Waals surface area (Å²) in [5.41, 5.74) is 4.48. The molecule has 0 spiro atoms. The normalized spacial score (nSPS) is 14.2. The maximum Gasteiger partial charge on any atom is 0.0841 e. The number of nitrogens with zero attached hydrogens (tertiary/aromatic N) is 1. The van der Waals surface area contributed by atoms with Crippen LogP contribution in [-0.4, -0.2) is 13.1 Å². The van der Waals surface area contributed by atoms with Crippen LogP contribution in [0.15, 0.2) is 18.2 Å². The van der Waals surface area contributed by atoms with Crippen molar-refractivity contribution in [3.63, 3.8) is 0 Å². The average Bonchev–Trinajstić information content (AvgIpc) is 2.34. The van der Waals surface area contributed by atoms with Gasteiger partial charge in [-0.05, 0) is 48.8 Å². The largest absolute Gasteiger partial charge is 0.304 e. The van der Waals surface area contributed by atoms with E-state index in [1.165, 1.54) is 31.2 Å². The molecule has 1 N–H and O–H groups in total. The van der Waals surface area contributed by atoms with Gasteiger partial charge in [-0.2, -0.15) is 5.26 Å². The van der Waals surface area contributed by atoms with Crippen molar-refractivity contribution in [1.29, 1.82) is 5.26 Å². The van der Waals surface area contributed by atoms with Crippen LogP contribution in [-0.2, 0) is 19.3 Å². The van der Waals surface area contributed by atoms with Gasteiger partial charge in [0.1, 0.15) is 0 Å². The van der Waals surface area contributed by atoms with Crippen molar-refractivity contribution in [2.75, 3.05) is 13.1 Å². The predicted molar refractivity (Wildman–Crippen MR) is 65.3 cm³/mol. The van der Waals surface area contributed by atoms with Crippen LogP contribution in [0.1, 0.15) is 29.5 Å². The van der Waals surface area contributed by atoms with Crippen LogP contribution in [0, 0.1) is 11.3 Å². The highest BCUT2D eigenvalue weighted by Crippen LogP contribution is 2.22. The van der Waals surface area contributed by atoms with E-state index in [0.29, 0.717) is 6.54 Å². The fourth-order valence-electron chi connectivity index (χ4n) is 2.32. The Morgan fingerprint density at radius 1 is 1.19 bits per heavy atom. The smallest absolute Gasteiger partial charge is 0.0841 e. The molecule has 2 nitrogen and oxygen atoms in total. The number of hydrogen-bond acceptors (Lipinski definition) is 2. The van der Waals surface area contributed by atoms with Crippen LogP contribution in [0.25, 0.3) is 0 Å². The number of nitrogens with one attached hydrogen (secondary N) is 1. The highest BCUT2D eigenvalue weighted by molar-refractivity contribution is 5.33. The molecule has 16 heavy (non-hydrogen) atoms. The Morgan fingerprint density at radius 3 is 2.81 bits per heavy atom. The molecule has 2 heteroatoms. The van der Waals surface area contributed by atoms with Crippen LogP contribution >= 0.6 is 0 Å². The Bertz CT molecular complexity index is 390. The molecule has 0 aromatic heterocycles. The van der Waals surface area contributed by atoms with E-state index in [9.17, 15) is 0 Å². The Labute approximate surface area is 97.3 Å². The molecule has 84 valence electrons. The van der Waals surface area contributed by atoms with E-state index in [-0.39, 0.29) is 0 Å². The molecule has 0 heterocycles. The van der Waals surface area contributed by atoms with Crippen molar-refractivity contribution >= 4 is 0 Å². The summed E-state index contributed by atoms with van der Waals surface area (Å²) in [6.45, 7) is 1.34. The summed E-state index contributed by atoms with van der Waals surface area (Å²) in [5.74, 6) is 0. The van der Waals surface area contributed by atoms with E-state index in [2.05, 4.69) is 29.6 Å². The Kier molecular flexibility index (Phi) is 3.96. The second-order valence-corrected chi connectivity index (χ2v) is 4.40. The first-order chi connectivity index (χ1) is 7.90. The molecule has 0 unspecified atom stereocenters. The molecule has 1 aliphatic rings. The first kappa shape index (κ1) is 11.2. The van der Waals surface area contributed by atoms with Crippen LogP contribution in [0.3, 0.4) is 0 Å². The quantitative estimate of drug-likeness (QED) is 0.616. The Balaban J connectivity index is 1.93. The number of hydrogen-bond donors (Lipinski definition) is 1. The lowest BCUT2D eigenvalue weighted by Crippen LogP contribution is -2.17. The molecule has 0 bridgehead atoms. The standard InChI is InChI=1S/C14H18N2/c15-8-10-16-9-7-12-5-6-13-3-1-2-4-14(13)11-12/h5-6,11,16H,1-4,7,9-10H2. The first-order valence-corrected chi connectivity index (χ1v) is 6.08. The number of benzene rings is 1. The van der Waals surface area contributed by atoms with Gasteiger partial charge in [-0.15, -0.1) is 0 Å². The zero-order valence-corrected chi connectivity index (χ0v) is 9.63. The Hall–Kier alpha value is -1.33. The van der Waals surface area contributed by atoms with Gasteiger partial charge < -0.3 is 5.32 Å². The van der Waals surface area contributed by atoms with Gasteiger partial charge in [-0.1, -0.05) is 18.2 Å². The highest BCUT2D eigenvalue weighted by atomic mass is 14.8. The summed E-state index contributed by atoms with van der Waals surface area (Å²) in [4.78, 5) is 0. The lowest BCUT2D eigenvalue weighted by atomic mass is 9.90. The van der Waals surface area contributed by atoms with Gasteiger partial charge in [0.2, 0.25) is 0 Å². The average molecular weight is 214 g/mol. The van der Waals surface area contributed by atoms with Crippen LogP contribution in [0.4, 0.5) is 0 Å². The van der Waals surface area contributed by atoms with Crippen molar-refractivity contribution in [3.05, 3.63) is 34.9 Å². The summed E-state index contributed by atoms with van der Waals surface area (Å²) in [7, 11) is 0. The lowest BCUT2D eigenvalue weighted by Gasteiger charge is -2.16. The van der Waals surface area contributed by atoms with E-state index < -0.39 is 0 Å². The third kappa shape index (κ3) is 2.84. The van der Waals surface area contributed by atoms with Crippen LogP contribution in [0.5, 0.6) is 0 Å². The molecule has 0 atom stereocenters. The topological polar surface area (TPSA) is 35.8 Å². The van der Waals surface area contributed by atoms with Gasteiger partial charge in [0, 0.05) is 6.54 Å². The molecule has 0 radical (unpaired) electrons. The maximum atomic E-state index is 8.41. The van der Waals surface area contributed by atoms with E-state index >= 15 is 0 Å². The summed E-state index contributed by atoms with van der Waals surface area (Å²) >= 11 is 0. The molecule has 1 aliphatic carbocycles. The van der Waals surface area contributed by atoms with Crippen molar-refractivity contribution in [2.24, 2.45) is 0 Å². The highest BCUT2D eigenvalue weighted by Gasteiger charge is 2.08. The molecular weight excluding hydrogens is 196 g/mol. The van der Waals surface area contributed by atoms with E-state index in [1.54, 1.807) is 11.1 Å². The van der Waals surface area contributed by atoms with Crippen molar-refractivity contribution in [3.8, 4) is 6.07 Å². The number of fused-ring (bicyclic) bond motifs is 1. The third-order valence-electron chi connectivity index (χ3n) is 3.21. The molecule has 0 fully saturated rings. The number of rotatable bonds is 4. The molecule has 1 aromatic carbocycles. The fraction of sp³-hybridized carbons (Fsp3) is 0.500. The lowest BCUT2D eigenvalue weighted by molar-refractivity contribution is 0.682. The minimum absolute atomic E-state index is 0.449.